The molecule has 0 spiro atoms. The van der Waals surface area contributed by atoms with Gasteiger partial charge in [-0.1, -0.05) is 19.8 Å². The maximum atomic E-state index is 11.4. The zero-order chi connectivity index (χ0) is 14.5. The minimum absolute atomic E-state index is 0.0325. The standard InChI is InChI=1S/C13H26N2O4/c1-2-3-11(4-5-13(17)18)6-8-15-12(16)10-19-9-7-14/h11H,2-10,14H2,1H3,(H,15,16)(H,17,18). The lowest BCUT2D eigenvalue weighted by Crippen LogP contribution is -2.30. The van der Waals surface area contributed by atoms with E-state index >= 15 is 0 Å². The van der Waals surface area contributed by atoms with Crippen LogP contribution in [0.15, 0.2) is 0 Å². The number of carbonyl (C=O) groups excluding carboxylic acids is 1. The molecule has 0 rings (SSSR count). The molecule has 0 aromatic carbocycles. The van der Waals surface area contributed by atoms with Crippen LogP contribution >= 0.6 is 0 Å². The number of hydrogen-bond acceptors (Lipinski definition) is 4. The van der Waals surface area contributed by atoms with Crippen molar-refractivity contribution in [3.05, 3.63) is 0 Å². The Bertz CT molecular complexity index is 259. The summed E-state index contributed by atoms with van der Waals surface area (Å²) in [5.41, 5.74) is 5.24. The van der Waals surface area contributed by atoms with Gasteiger partial charge in [0.25, 0.3) is 0 Å². The Kier molecular flexibility index (Phi) is 11.2. The molecule has 19 heavy (non-hydrogen) atoms. The fourth-order valence-corrected chi connectivity index (χ4v) is 1.88. The van der Waals surface area contributed by atoms with Crippen molar-refractivity contribution in [1.29, 1.82) is 0 Å². The van der Waals surface area contributed by atoms with Crippen molar-refractivity contribution in [2.45, 2.75) is 39.0 Å². The predicted octanol–water partition coefficient (Wildman–Crippen LogP) is 0.749. The molecule has 0 heterocycles. The van der Waals surface area contributed by atoms with Crippen LogP contribution in [0.1, 0.15) is 39.0 Å². The first-order chi connectivity index (χ1) is 9.10. The number of amides is 1. The van der Waals surface area contributed by atoms with Gasteiger partial charge in [0.15, 0.2) is 0 Å². The number of nitrogens with one attached hydrogen (secondary N) is 1. The molecule has 112 valence electrons. The van der Waals surface area contributed by atoms with E-state index in [9.17, 15) is 9.59 Å². The van der Waals surface area contributed by atoms with E-state index < -0.39 is 5.97 Å². The molecule has 0 aromatic heterocycles. The highest BCUT2D eigenvalue weighted by molar-refractivity contribution is 5.77. The minimum atomic E-state index is -0.764. The third-order valence-corrected chi connectivity index (χ3v) is 2.83. The van der Waals surface area contributed by atoms with Crippen LogP contribution in [0.2, 0.25) is 0 Å². The number of nitrogens with two attached hydrogens (primary N) is 1. The Morgan fingerprint density at radius 2 is 2.05 bits per heavy atom. The number of aliphatic carboxylic acids is 1. The van der Waals surface area contributed by atoms with Crippen molar-refractivity contribution in [3.8, 4) is 0 Å². The first-order valence-electron chi connectivity index (χ1n) is 6.86. The van der Waals surface area contributed by atoms with E-state index in [0.717, 1.165) is 19.3 Å². The lowest BCUT2D eigenvalue weighted by atomic mass is 9.94. The molecular formula is C13H26N2O4. The van der Waals surface area contributed by atoms with Gasteiger partial charge < -0.3 is 20.9 Å². The summed E-state index contributed by atoms with van der Waals surface area (Å²) < 4.78 is 5.01. The number of carboxylic acid groups (broad SMARTS) is 1. The fraction of sp³-hybridized carbons (Fsp3) is 0.846. The van der Waals surface area contributed by atoms with Gasteiger partial charge in [0.05, 0.1) is 6.61 Å². The second-order valence-electron chi connectivity index (χ2n) is 4.57. The van der Waals surface area contributed by atoms with E-state index in [4.69, 9.17) is 15.6 Å². The second-order valence-corrected chi connectivity index (χ2v) is 4.57. The van der Waals surface area contributed by atoms with Crippen LogP contribution in [-0.4, -0.2) is 43.3 Å². The monoisotopic (exact) mass is 274 g/mol. The molecule has 0 aliphatic rings. The van der Waals surface area contributed by atoms with Gasteiger partial charge in [0, 0.05) is 19.5 Å². The van der Waals surface area contributed by atoms with Gasteiger partial charge in [0.1, 0.15) is 6.61 Å². The van der Waals surface area contributed by atoms with Crippen molar-refractivity contribution in [1.82, 2.24) is 5.32 Å². The Morgan fingerprint density at radius 3 is 2.63 bits per heavy atom. The predicted molar refractivity (Wildman–Crippen MR) is 72.8 cm³/mol. The fourth-order valence-electron chi connectivity index (χ4n) is 1.88. The Morgan fingerprint density at radius 1 is 1.32 bits per heavy atom. The summed E-state index contributed by atoms with van der Waals surface area (Å²) in [4.78, 5) is 21.9. The molecule has 0 bridgehead atoms. The summed E-state index contributed by atoms with van der Waals surface area (Å²) in [5, 5.41) is 11.4. The largest absolute Gasteiger partial charge is 0.481 e. The van der Waals surface area contributed by atoms with Crippen LogP contribution in [-0.2, 0) is 14.3 Å². The Hall–Kier alpha value is -1.14. The topological polar surface area (TPSA) is 102 Å². The van der Waals surface area contributed by atoms with Gasteiger partial charge in [-0.25, -0.2) is 0 Å². The van der Waals surface area contributed by atoms with Gasteiger partial charge in [0.2, 0.25) is 5.91 Å². The van der Waals surface area contributed by atoms with Crippen molar-refractivity contribution < 1.29 is 19.4 Å². The molecule has 1 amide bonds. The lowest BCUT2D eigenvalue weighted by molar-refractivity contribution is -0.137. The van der Waals surface area contributed by atoms with Crippen molar-refractivity contribution >= 4 is 11.9 Å². The van der Waals surface area contributed by atoms with Gasteiger partial charge in [-0.2, -0.15) is 0 Å². The third-order valence-electron chi connectivity index (χ3n) is 2.83. The molecule has 0 fully saturated rings. The van der Waals surface area contributed by atoms with Crippen LogP contribution in [0, 0.1) is 5.92 Å². The molecular weight excluding hydrogens is 248 g/mol. The number of carbonyl (C=O) groups is 2. The van der Waals surface area contributed by atoms with Crippen LogP contribution in [0.4, 0.5) is 0 Å². The van der Waals surface area contributed by atoms with Gasteiger partial charge >= 0.3 is 5.97 Å². The van der Waals surface area contributed by atoms with Crippen LogP contribution in [0.5, 0.6) is 0 Å². The molecule has 6 nitrogen and oxygen atoms in total. The van der Waals surface area contributed by atoms with Gasteiger partial charge in [-0.3, -0.25) is 9.59 Å². The molecule has 0 aliphatic carbocycles. The van der Waals surface area contributed by atoms with Crippen molar-refractivity contribution in [3.63, 3.8) is 0 Å². The van der Waals surface area contributed by atoms with Crippen molar-refractivity contribution in [2.24, 2.45) is 11.7 Å². The number of rotatable bonds is 12. The molecule has 1 atom stereocenters. The third kappa shape index (κ3) is 11.7. The zero-order valence-corrected chi connectivity index (χ0v) is 11.7. The molecule has 1 unspecified atom stereocenters. The zero-order valence-electron chi connectivity index (χ0n) is 11.7. The second kappa shape index (κ2) is 11.9. The summed E-state index contributed by atoms with van der Waals surface area (Å²) in [5.74, 6) is -0.561. The quantitative estimate of drug-likeness (QED) is 0.456. The van der Waals surface area contributed by atoms with E-state index in [2.05, 4.69) is 12.2 Å². The average molecular weight is 274 g/mol. The molecule has 4 N–H and O–H groups in total. The SMILES string of the molecule is CCCC(CCNC(=O)COCCN)CCC(=O)O. The lowest BCUT2D eigenvalue weighted by Gasteiger charge is -2.15. The van der Waals surface area contributed by atoms with E-state index in [0.29, 0.717) is 32.0 Å². The molecule has 0 saturated carbocycles. The summed E-state index contributed by atoms with van der Waals surface area (Å²) in [6.07, 6.45) is 3.69. The highest BCUT2D eigenvalue weighted by Gasteiger charge is 2.10. The first-order valence-corrected chi connectivity index (χ1v) is 6.86. The number of ether oxygens (including phenoxy) is 1. The molecule has 0 aromatic rings. The Balaban J connectivity index is 3.72. The van der Waals surface area contributed by atoms with E-state index in [1.807, 2.05) is 0 Å². The normalized spacial score (nSPS) is 12.1. The molecule has 0 radical (unpaired) electrons. The molecule has 0 aliphatic heterocycles. The van der Waals surface area contributed by atoms with Crippen LogP contribution < -0.4 is 11.1 Å². The van der Waals surface area contributed by atoms with E-state index in [1.54, 1.807) is 0 Å². The number of hydrogen-bond donors (Lipinski definition) is 3. The summed E-state index contributed by atoms with van der Waals surface area (Å²) >= 11 is 0. The maximum absolute atomic E-state index is 11.4. The molecule has 6 heteroatoms. The molecule has 0 saturated heterocycles. The first kappa shape index (κ1) is 17.9. The summed E-state index contributed by atoms with van der Waals surface area (Å²) in [6.45, 7) is 3.46. The highest BCUT2D eigenvalue weighted by Crippen LogP contribution is 2.16. The van der Waals surface area contributed by atoms with Gasteiger partial charge in [-0.15, -0.1) is 0 Å². The Labute approximate surface area is 114 Å². The minimum Gasteiger partial charge on any atom is -0.481 e. The average Bonchev–Trinajstić information content (AvgIpc) is 2.36. The van der Waals surface area contributed by atoms with Crippen molar-refractivity contribution in [2.75, 3.05) is 26.3 Å². The highest BCUT2D eigenvalue weighted by atomic mass is 16.5. The number of carboxylic acids is 1. The smallest absolute Gasteiger partial charge is 0.303 e. The summed E-state index contributed by atoms with van der Waals surface area (Å²) in [7, 11) is 0. The van der Waals surface area contributed by atoms with Crippen LogP contribution in [0.25, 0.3) is 0 Å². The van der Waals surface area contributed by atoms with E-state index in [1.165, 1.54) is 0 Å². The van der Waals surface area contributed by atoms with E-state index in [-0.39, 0.29) is 18.9 Å². The van der Waals surface area contributed by atoms with Gasteiger partial charge in [-0.05, 0) is 18.8 Å². The maximum Gasteiger partial charge on any atom is 0.303 e. The van der Waals surface area contributed by atoms with Crippen LogP contribution in [0.3, 0.4) is 0 Å². The summed E-state index contributed by atoms with van der Waals surface area (Å²) in [6, 6.07) is 0.